The van der Waals surface area contributed by atoms with Gasteiger partial charge in [-0.15, -0.1) is 11.3 Å². The van der Waals surface area contributed by atoms with Crippen LogP contribution in [-0.2, 0) is 13.1 Å². The van der Waals surface area contributed by atoms with Gasteiger partial charge in [0.25, 0.3) is 0 Å². The lowest BCUT2D eigenvalue weighted by Crippen LogP contribution is -2.27. The summed E-state index contributed by atoms with van der Waals surface area (Å²) in [5, 5.41) is 3.19. The molecule has 0 saturated carbocycles. The highest BCUT2D eigenvalue weighted by molar-refractivity contribution is 7.09. The van der Waals surface area contributed by atoms with E-state index in [0.29, 0.717) is 12.6 Å². The molecule has 0 spiro atoms. The van der Waals surface area contributed by atoms with Gasteiger partial charge in [0.2, 0.25) is 0 Å². The molecule has 4 heteroatoms. The van der Waals surface area contributed by atoms with Gasteiger partial charge in [0.15, 0.2) is 0 Å². The Hall–Kier alpha value is -1.23. The summed E-state index contributed by atoms with van der Waals surface area (Å²) in [6, 6.07) is 8.91. The van der Waals surface area contributed by atoms with Crippen LogP contribution in [-0.4, -0.2) is 16.4 Å². The number of thiazole rings is 1. The molecule has 0 bridgehead atoms. The van der Waals surface area contributed by atoms with E-state index in [1.54, 1.807) is 11.3 Å². The van der Waals surface area contributed by atoms with Crippen LogP contribution < -0.4 is 5.73 Å². The Morgan fingerprint density at radius 2 is 2.29 bits per heavy atom. The molecule has 1 aromatic heterocycles. The normalized spacial score (nSPS) is 19.5. The summed E-state index contributed by atoms with van der Waals surface area (Å²) in [7, 11) is 0. The fraction of sp³-hybridized carbons (Fsp3) is 0.308. The summed E-state index contributed by atoms with van der Waals surface area (Å²) in [6.45, 7) is 2.55. The summed E-state index contributed by atoms with van der Waals surface area (Å²) >= 11 is 1.71. The fourth-order valence-corrected chi connectivity index (χ4v) is 3.12. The van der Waals surface area contributed by atoms with Gasteiger partial charge in [-0.05, 0) is 11.1 Å². The maximum Gasteiger partial charge on any atom is 0.107 e. The van der Waals surface area contributed by atoms with Crippen LogP contribution in [0.2, 0.25) is 0 Å². The zero-order valence-electron chi connectivity index (χ0n) is 9.54. The van der Waals surface area contributed by atoms with Crippen LogP contribution in [0.25, 0.3) is 0 Å². The van der Waals surface area contributed by atoms with Crippen LogP contribution in [0.5, 0.6) is 0 Å². The van der Waals surface area contributed by atoms with Crippen molar-refractivity contribution in [1.29, 1.82) is 0 Å². The number of rotatable bonds is 3. The maximum absolute atomic E-state index is 5.91. The highest BCUT2D eigenvalue weighted by Crippen LogP contribution is 2.33. The number of hydrogen-bond acceptors (Lipinski definition) is 4. The van der Waals surface area contributed by atoms with Gasteiger partial charge in [-0.2, -0.15) is 0 Å². The number of nitrogens with zero attached hydrogens (tertiary/aromatic N) is 2. The van der Waals surface area contributed by atoms with Crippen molar-refractivity contribution in [1.82, 2.24) is 9.88 Å². The first kappa shape index (κ1) is 10.9. The molecular weight excluding hydrogens is 230 g/mol. The molecule has 17 heavy (non-hydrogen) atoms. The second-order valence-corrected chi connectivity index (χ2v) is 5.26. The molecule has 1 aromatic carbocycles. The second-order valence-electron chi connectivity index (χ2n) is 4.28. The van der Waals surface area contributed by atoms with Crippen molar-refractivity contribution in [3.05, 3.63) is 52.0 Å². The topological polar surface area (TPSA) is 42.1 Å². The Kier molecular flexibility index (Phi) is 2.93. The molecule has 1 unspecified atom stereocenters. The molecule has 0 amide bonds. The number of hydrogen-bond donors (Lipinski definition) is 1. The van der Waals surface area contributed by atoms with Crippen LogP contribution in [0.3, 0.4) is 0 Å². The molecule has 1 aliphatic heterocycles. The predicted octanol–water partition coefficient (Wildman–Crippen LogP) is 2.16. The van der Waals surface area contributed by atoms with E-state index < -0.39 is 0 Å². The third-order valence-electron chi connectivity index (χ3n) is 3.27. The largest absolute Gasteiger partial charge is 0.329 e. The lowest BCUT2D eigenvalue weighted by Gasteiger charge is -2.22. The minimum Gasteiger partial charge on any atom is -0.329 e. The van der Waals surface area contributed by atoms with E-state index in [-0.39, 0.29) is 0 Å². The molecule has 1 aliphatic rings. The summed E-state index contributed by atoms with van der Waals surface area (Å²) in [6.07, 6.45) is 1.86. The van der Waals surface area contributed by atoms with E-state index in [1.807, 2.05) is 11.6 Å². The van der Waals surface area contributed by atoms with Gasteiger partial charge in [0, 0.05) is 30.7 Å². The lowest BCUT2D eigenvalue weighted by molar-refractivity contribution is 0.210. The number of nitrogens with two attached hydrogens (primary N) is 1. The zero-order chi connectivity index (χ0) is 11.7. The Morgan fingerprint density at radius 1 is 1.41 bits per heavy atom. The molecule has 88 valence electrons. The molecule has 0 saturated heterocycles. The summed E-state index contributed by atoms with van der Waals surface area (Å²) < 4.78 is 0. The van der Waals surface area contributed by atoms with E-state index >= 15 is 0 Å². The van der Waals surface area contributed by atoms with Gasteiger partial charge < -0.3 is 5.73 Å². The van der Waals surface area contributed by atoms with Crippen molar-refractivity contribution in [2.24, 2.45) is 5.73 Å². The minimum atomic E-state index is 0.343. The maximum atomic E-state index is 5.91. The van der Waals surface area contributed by atoms with Crippen LogP contribution in [0.4, 0.5) is 0 Å². The third-order valence-corrected chi connectivity index (χ3v) is 4.04. The molecule has 3 rings (SSSR count). The van der Waals surface area contributed by atoms with Crippen molar-refractivity contribution in [2.45, 2.75) is 19.1 Å². The van der Waals surface area contributed by atoms with Gasteiger partial charge in [-0.1, -0.05) is 24.3 Å². The van der Waals surface area contributed by atoms with Gasteiger partial charge in [0.05, 0.1) is 6.54 Å². The first-order chi connectivity index (χ1) is 8.38. The monoisotopic (exact) mass is 245 g/mol. The number of fused-ring (bicyclic) bond motifs is 1. The highest BCUT2D eigenvalue weighted by atomic mass is 32.1. The average molecular weight is 245 g/mol. The summed E-state index contributed by atoms with van der Waals surface area (Å²) in [5.41, 5.74) is 8.69. The van der Waals surface area contributed by atoms with Crippen LogP contribution in [0.15, 0.2) is 35.8 Å². The number of aromatic nitrogens is 1. The molecule has 2 aromatic rings. The Labute approximate surface area is 105 Å². The van der Waals surface area contributed by atoms with E-state index in [2.05, 4.69) is 34.1 Å². The zero-order valence-corrected chi connectivity index (χ0v) is 10.4. The SMILES string of the molecule is NCC1c2ccccc2CN1Cc1nccs1. The minimum absolute atomic E-state index is 0.343. The van der Waals surface area contributed by atoms with E-state index in [4.69, 9.17) is 5.73 Å². The van der Waals surface area contributed by atoms with Gasteiger partial charge in [0.1, 0.15) is 5.01 Å². The van der Waals surface area contributed by atoms with Crippen molar-refractivity contribution in [3.63, 3.8) is 0 Å². The first-order valence-corrected chi connectivity index (χ1v) is 6.66. The first-order valence-electron chi connectivity index (χ1n) is 5.79. The van der Waals surface area contributed by atoms with Gasteiger partial charge >= 0.3 is 0 Å². The molecule has 0 radical (unpaired) electrons. The Balaban J connectivity index is 1.84. The molecule has 1 atom stereocenters. The quantitative estimate of drug-likeness (QED) is 0.901. The molecule has 2 N–H and O–H groups in total. The number of benzene rings is 1. The Bertz CT molecular complexity index is 493. The van der Waals surface area contributed by atoms with Crippen molar-refractivity contribution >= 4 is 11.3 Å². The summed E-state index contributed by atoms with van der Waals surface area (Å²) in [5.74, 6) is 0. The molecule has 2 heterocycles. The van der Waals surface area contributed by atoms with Crippen LogP contribution in [0.1, 0.15) is 22.2 Å². The molecule has 3 nitrogen and oxygen atoms in total. The molecule has 0 fully saturated rings. The van der Waals surface area contributed by atoms with Crippen molar-refractivity contribution < 1.29 is 0 Å². The van der Waals surface area contributed by atoms with Crippen molar-refractivity contribution in [3.8, 4) is 0 Å². The lowest BCUT2D eigenvalue weighted by atomic mass is 10.1. The van der Waals surface area contributed by atoms with E-state index in [1.165, 1.54) is 11.1 Å². The fourth-order valence-electron chi connectivity index (χ4n) is 2.48. The predicted molar refractivity (Wildman–Crippen MR) is 69.6 cm³/mol. The van der Waals surface area contributed by atoms with Gasteiger partial charge in [-0.3, -0.25) is 4.90 Å². The standard InChI is InChI=1S/C13H15N3S/c14-7-12-11-4-2-1-3-10(11)8-16(12)9-13-15-5-6-17-13/h1-6,12H,7-9,14H2. The van der Waals surface area contributed by atoms with Crippen LogP contribution in [0, 0.1) is 0 Å². The highest BCUT2D eigenvalue weighted by Gasteiger charge is 2.28. The third kappa shape index (κ3) is 1.99. The van der Waals surface area contributed by atoms with Crippen LogP contribution >= 0.6 is 11.3 Å². The van der Waals surface area contributed by atoms with Gasteiger partial charge in [-0.25, -0.2) is 4.98 Å². The smallest absolute Gasteiger partial charge is 0.107 e. The van der Waals surface area contributed by atoms with E-state index in [9.17, 15) is 0 Å². The Morgan fingerprint density at radius 3 is 3.06 bits per heavy atom. The van der Waals surface area contributed by atoms with E-state index in [0.717, 1.165) is 18.1 Å². The average Bonchev–Trinajstić information content (AvgIpc) is 2.96. The molecular formula is C13H15N3S. The summed E-state index contributed by atoms with van der Waals surface area (Å²) in [4.78, 5) is 6.75. The van der Waals surface area contributed by atoms with Crippen molar-refractivity contribution in [2.75, 3.05) is 6.54 Å². The molecule has 0 aliphatic carbocycles. The second kappa shape index (κ2) is 4.56.